The van der Waals surface area contributed by atoms with E-state index in [1.165, 1.54) is 10.7 Å². The van der Waals surface area contributed by atoms with Gasteiger partial charge < -0.3 is 5.32 Å². The van der Waals surface area contributed by atoms with E-state index < -0.39 is 16.5 Å². The van der Waals surface area contributed by atoms with E-state index >= 15 is 0 Å². The Bertz CT molecular complexity index is 1340. The zero-order valence-corrected chi connectivity index (χ0v) is 15.6. The summed E-state index contributed by atoms with van der Waals surface area (Å²) in [5.74, 6) is 0.206. The van der Waals surface area contributed by atoms with Crippen LogP contribution in [0.5, 0.6) is 0 Å². The fourth-order valence-electron chi connectivity index (χ4n) is 3.64. The highest BCUT2D eigenvalue weighted by molar-refractivity contribution is 5.76. The number of nitro groups is 1. The fraction of sp³-hybridized carbons (Fsp3) is 0.105. The van der Waals surface area contributed by atoms with Crippen LogP contribution < -0.4 is 10.9 Å². The Labute approximate surface area is 168 Å². The van der Waals surface area contributed by atoms with Crippen molar-refractivity contribution in [3.05, 3.63) is 85.7 Å². The SMILES string of the molecule is Cc1ccc(-c2n[nH]c(=O)c3c2[C@@H](c2ccccc2[N+](=O)[O-])n2nnnc2N3)cc1. The van der Waals surface area contributed by atoms with Gasteiger partial charge in [-0.25, -0.2) is 5.10 Å². The molecule has 11 nitrogen and oxygen atoms in total. The molecule has 0 spiro atoms. The van der Waals surface area contributed by atoms with Gasteiger partial charge in [0.2, 0.25) is 5.95 Å². The van der Waals surface area contributed by atoms with Crippen LogP contribution in [-0.4, -0.2) is 35.3 Å². The van der Waals surface area contributed by atoms with Gasteiger partial charge in [-0.3, -0.25) is 14.9 Å². The number of benzene rings is 2. The first-order chi connectivity index (χ1) is 14.5. The van der Waals surface area contributed by atoms with Gasteiger partial charge >= 0.3 is 0 Å². The molecule has 3 heterocycles. The zero-order valence-electron chi connectivity index (χ0n) is 15.6. The van der Waals surface area contributed by atoms with Gasteiger partial charge in [0, 0.05) is 17.2 Å². The minimum absolute atomic E-state index is 0.105. The molecule has 0 amide bonds. The summed E-state index contributed by atoms with van der Waals surface area (Å²) in [4.78, 5) is 23.9. The van der Waals surface area contributed by atoms with Gasteiger partial charge in [-0.1, -0.05) is 47.1 Å². The molecule has 4 aromatic rings. The number of nitro benzene ring substituents is 1. The highest BCUT2D eigenvalue weighted by atomic mass is 16.6. The third-order valence-corrected chi connectivity index (χ3v) is 5.02. The summed E-state index contributed by atoms with van der Waals surface area (Å²) in [6.07, 6.45) is 0. The van der Waals surface area contributed by atoms with E-state index in [1.807, 2.05) is 31.2 Å². The molecule has 2 aromatic heterocycles. The van der Waals surface area contributed by atoms with E-state index in [1.54, 1.807) is 18.2 Å². The Balaban J connectivity index is 1.85. The minimum Gasteiger partial charge on any atom is -0.318 e. The Hall–Kier alpha value is -4.41. The molecule has 0 unspecified atom stereocenters. The van der Waals surface area contributed by atoms with Gasteiger partial charge in [-0.2, -0.15) is 9.78 Å². The molecular weight excluding hydrogens is 388 g/mol. The second kappa shape index (κ2) is 6.58. The van der Waals surface area contributed by atoms with Gasteiger partial charge in [0.05, 0.1) is 16.2 Å². The summed E-state index contributed by atoms with van der Waals surface area (Å²) in [5, 5.41) is 33.0. The number of tetrazole rings is 1. The molecular formula is C19H14N8O3. The largest absolute Gasteiger partial charge is 0.318 e. The summed E-state index contributed by atoms with van der Waals surface area (Å²) in [6.45, 7) is 1.96. The van der Waals surface area contributed by atoms with E-state index in [4.69, 9.17) is 0 Å². The maximum Gasteiger partial charge on any atom is 0.288 e. The molecule has 148 valence electrons. The van der Waals surface area contributed by atoms with Crippen molar-refractivity contribution >= 4 is 17.3 Å². The Morgan fingerprint density at radius 1 is 1.13 bits per heavy atom. The van der Waals surface area contributed by atoms with Crippen LogP contribution >= 0.6 is 0 Å². The number of fused-ring (bicyclic) bond motifs is 2. The van der Waals surface area contributed by atoms with E-state index in [2.05, 4.69) is 31.0 Å². The highest BCUT2D eigenvalue weighted by Crippen LogP contribution is 2.43. The smallest absolute Gasteiger partial charge is 0.288 e. The topological polar surface area (TPSA) is 145 Å². The summed E-state index contributed by atoms with van der Waals surface area (Å²) in [5.41, 5.74) is 2.71. The van der Waals surface area contributed by atoms with Crippen LogP contribution in [0.25, 0.3) is 11.3 Å². The molecule has 0 saturated carbocycles. The number of hydrogen-bond acceptors (Lipinski definition) is 8. The first-order valence-corrected chi connectivity index (χ1v) is 9.02. The minimum atomic E-state index is -0.820. The number of aromatic amines is 1. The Morgan fingerprint density at radius 2 is 1.90 bits per heavy atom. The molecule has 0 bridgehead atoms. The van der Waals surface area contributed by atoms with Crippen molar-refractivity contribution in [2.75, 3.05) is 5.32 Å². The normalized spacial score (nSPS) is 14.5. The lowest BCUT2D eigenvalue weighted by molar-refractivity contribution is -0.385. The predicted molar refractivity (Wildman–Crippen MR) is 106 cm³/mol. The van der Waals surface area contributed by atoms with E-state index in [0.29, 0.717) is 16.8 Å². The van der Waals surface area contributed by atoms with Crippen LogP contribution in [0.2, 0.25) is 0 Å². The molecule has 0 fully saturated rings. The monoisotopic (exact) mass is 402 g/mol. The van der Waals surface area contributed by atoms with Gasteiger partial charge in [0.15, 0.2) is 0 Å². The van der Waals surface area contributed by atoms with Crippen LogP contribution in [0, 0.1) is 17.0 Å². The molecule has 1 atom stereocenters. The third-order valence-electron chi connectivity index (χ3n) is 5.02. The van der Waals surface area contributed by atoms with E-state index in [-0.39, 0.29) is 17.3 Å². The fourth-order valence-corrected chi connectivity index (χ4v) is 3.64. The third kappa shape index (κ3) is 2.64. The van der Waals surface area contributed by atoms with Crippen LogP contribution in [-0.2, 0) is 0 Å². The van der Waals surface area contributed by atoms with Crippen LogP contribution in [0.3, 0.4) is 0 Å². The molecule has 2 aromatic carbocycles. The number of anilines is 2. The maximum atomic E-state index is 12.6. The van der Waals surface area contributed by atoms with Crippen molar-refractivity contribution in [3.8, 4) is 11.3 Å². The van der Waals surface area contributed by atoms with Crippen molar-refractivity contribution < 1.29 is 4.92 Å². The van der Waals surface area contributed by atoms with Gasteiger partial charge in [0.1, 0.15) is 11.7 Å². The lowest BCUT2D eigenvalue weighted by Crippen LogP contribution is -2.29. The number of para-hydroxylation sites is 1. The molecule has 30 heavy (non-hydrogen) atoms. The quantitative estimate of drug-likeness (QED) is 0.345. The lowest BCUT2D eigenvalue weighted by atomic mass is 9.91. The Morgan fingerprint density at radius 3 is 2.67 bits per heavy atom. The summed E-state index contributed by atoms with van der Waals surface area (Å²) in [6, 6.07) is 13.1. The molecule has 0 aliphatic carbocycles. The standard InChI is InChI=1S/C19H14N8O3/c1-10-6-8-11(9-7-10)15-14-16(18(28)22-21-15)20-19-23-24-25-26(19)17(14)12-4-2-3-5-13(12)27(29)30/h2-9,17H,1H3,(H,22,28)(H,20,23,25)/t17-/m1/s1. The van der Waals surface area contributed by atoms with Crippen molar-refractivity contribution in [3.63, 3.8) is 0 Å². The first kappa shape index (κ1) is 17.7. The number of nitrogens with zero attached hydrogens (tertiary/aromatic N) is 6. The molecule has 0 saturated heterocycles. The van der Waals surface area contributed by atoms with Crippen LogP contribution in [0.15, 0.2) is 53.3 Å². The number of aromatic nitrogens is 6. The number of aryl methyl sites for hydroxylation is 1. The molecule has 0 radical (unpaired) electrons. The maximum absolute atomic E-state index is 12.6. The molecule has 2 N–H and O–H groups in total. The summed E-state index contributed by atoms with van der Waals surface area (Å²) < 4.78 is 1.42. The van der Waals surface area contributed by atoms with Gasteiger partial charge in [0.25, 0.3) is 11.2 Å². The number of hydrogen-bond donors (Lipinski definition) is 2. The van der Waals surface area contributed by atoms with Crippen LogP contribution in [0.4, 0.5) is 17.3 Å². The number of rotatable bonds is 3. The van der Waals surface area contributed by atoms with Crippen molar-refractivity contribution in [1.29, 1.82) is 0 Å². The molecule has 11 heteroatoms. The van der Waals surface area contributed by atoms with Crippen molar-refractivity contribution in [1.82, 2.24) is 30.4 Å². The van der Waals surface area contributed by atoms with Gasteiger partial charge in [-0.05, 0) is 23.4 Å². The van der Waals surface area contributed by atoms with Gasteiger partial charge in [-0.15, -0.1) is 0 Å². The first-order valence-electron chi connectivity index (χ1n) is 9.02. The Kier molecular flexibility index (Phi) is 3.88. The number of nitrogens with one attached hydrogen (secondary N) is 2. The molecule has 1 aliphatic heterocycles. The van der Waals surface area contributed by atoms with Crippen molar-refractivity contribution in [2.45, 2.75) is 13.0 Å². The predicted octanol–water partition coefficient (Wildman–Crippen LogP) is 2.33. The second-order valence-corrected chi connectivity index (χ2v) is 6.85. The number of H-pyrrole nitrogens is 1. The van der Waals surface area contributed by atoms with Crippen LogP contribution in [0.1, 0.15) is 22.7 Å². The highest BCUT2D eigenvalue weighted by Gasteiger charge is 2.37. The molecule has 1 aliphatic rings. The average Bonchev–Trinajstić information content (AvgIpc) is 3.22. The average molecular weight is 402 g/mol. The summed E-state index contributed by atoms with van der Waals surface area (Å²) >= 11 is 0. The second-order valence-electron chi connectivity index (χ2n) is 6.85. The summed E-state index contributed by atoms with van der Waals surface area (Å²) in [7, 11) is 0. The van der Waals surface area contributed by atoms with E-state index in [0.717, 1.165) is 11.1 Å². The van der Waals surface area contributed by atoms with Crippen molar-refractivity contribution in [2.24, 2.45) is 0 Å². The van der Waals surface area contributed by atoms with E-state index in [9.17, 15) is 14.9 Å². The molecule has 5 rings (SSSR count). The zero-order chi connectivity index (χ0) is 20.8. The lowest BCUT2D eigenvalue weighted by Gasteiger charge is -2.27.